The van der Waals surface area contributed by atoms with Crippen LogP contribution >= 0.6 is 23.2 Å². The van der Waals surface area contributed by atoms with Crippen LogP contribution in [0, 0.1) is 5.92 Å². The first-order valence-electron chi connectivity index (χ1n) is 5.44. The average Bonchev–Trinajstić information content (AvgIpc) is 2.19. The van der Waals surface area contributed by atoms with Gasteiger partial charge in [-0.15, -0.1) is 0 Å². The third-order valence-corrected chi connectivity index (χ3v) is 5.26. The van der Waals surface area contributed by atoms with E-state index in [-0.39, 0.29) is 32.3 Å². The van der Waals surface area contributed by atoms with Gasteiger partial charge in [0.15, 0.2) is 0 Å². The molecule has 6 nitrogen and oxygen atoms in total. The van der Waals surface area contributed by atoms with Crippen molar-refractivity contribution in [1.82, 2.24) is 0 Å². The molecule has 1 aromatic carbocycles. The van der Waals surface area contributed by atoms with Crippen molar-refractivity contribution in [3.05, 3.63) is 22.2 Å². The summed E-state index contributed by atoms with van der Waals surface area (Å²) in [5.41, 5.74) is -0.0682. The van der Waals surface area contributed by atoms with Gasteiger partial charge >= 0.3 is 0 Å². The number of nitrogens with one attached hydrogen (secondary N) is 1. The standard InChI is InChI=1S/C10H14Cl2N2O4S2/c1-6(2)5-19(15,16)14-10-8(11)3-7(4-9(10)12)20(13,17)18/h3-4,6,14H,5H2,1-2H3,(H2,13,17,18). The molecule has 0 aliphatic rings. The van der Waals surface area contributed by atoms with E-state index < -0.39 is 20.0 Å². The molecule has 0 atom stereocenters. The first kappa shape index (κ1) is 17.5. The van der Waals surface area contributed by atoms with Crippen LogP contribution in [0.2, 0.25) is 10.0 Å². The van der Waals surface area contributed by atoms with Crippen LogP contribution in [0.1, 0.15) is 13.8 Å². The van der Waals surface area contributed by atoms with Gasteiger partial charge in [0.1, 0.15) is 0 Å². The van der Waals surface area contributed by atoms with Gasteiger partial charge < -0.3 is 0 Å². The number of sulfonamides is 2. The van der Waals surface area contributed by atoms with E-state index in [1.165, 1.54) is 0 Å². The van der Waals surface area contributed by atoms with E-state index in [0.717, 1.165) is 12.1 Å². The molecular formula is C10H14Cl2N2O4S2. The van der Waals surface area contributed by atoms with Crippen molar-refractivity contribution in [2.24, 2.45) is 11.1 Å². The van der Waals surface area contributed by atoms with Gasteiger partial charge in [-0.05, 0) is 18.1 Å². The number of hydrogen-bond acceptors (Lipinski definition) is 4. The Hall–Kier alpha value is -0.540. The third kappa shape index (κ3) is 4.78. The highest BCUT2D eigenvalue weighted by atomic mass is 35.5. The minimum atomic E-state index is -3.97. The lowest BCUT2D eigenvalue weighted by atomic mass is 10.3. The van der Waals surface area contributed by atoms with Gasteiger partial charge in [-0.3, -0.25) is 4.72 Å². The Balaban J connectivity index is 3.23. The van der Waals surface area contributed by atoms with E-state index in [9.17, 15) is 16.8 Å². The number of hydrogen-bond donors (Lipinski definition) is 2. The van der Waals surface area contributed by atoms with Crippen LogP contribution in [0.3, 0.4) is 0 Å². The van der Waals surface area contributed by atoms with Crippen LogP contribution in [0.5, 0.6) is 0 Å². The lowest BCUT2D eigenvalue weighted by molar-refractivity contribution is 0.587. The lowest BCUT2D eigenvalue weighted by Crippen LogP contribution is -2.20. The number of primary sulfonamides is 1. The zero-order valence-corrected chi connectivity index (χ0v) is 13.9. The number of anilines is 1. The monoisotopic (exact) mass is 360 g/mol. The zero-order chi connectivity index (χ0) is 15.7. The molecule has 0 radical (unpaired) electrons. The highest BCUT2D eigenvalue weighted by Crippen LogP contribution is 2.34. The second kappa shape index (κ2) is 6.07. The van der Waals surface area contributed by atoms with Gasteiger partial charge in [-0.25, -0.2) is 22.0 Å². The minimum Gasteiger partial charge on any atom is -0.281 e. The molecule has 0 amide bonds. The molecule has 10 heteroatoms. The largest absolute Gasteiger partial charge is 0.281 e. The Labute approximate surface area is 128 Å². The van der Waals surface area contributed by atoms with E-state index >= 15 is 0 Å². The van der Waals surface area contributed by atoms with Crippen LogP contribution in [-0.2, 0) is 20.0 Å². The Morgan fingerprint density at radius 2 is 1.60 bits per heavy atom. The molecule has 0 saturated heterocycles. The summed E-state index contributed by atoms with van der Waals surface area (Å²) in [7, 11) is -7.60. The smallest absolute Gasteiger partial charge is 0.238 e. The second-order valence-electron chi connectivity index (χ2n) is 4.58. The molecule has 0 saturated carbocycles. The first-order chi connectivity index (χ1) is 8.92. The fourth-order valence-electron chi connectivity index (χ4n) is 1.45. The van der Waals surface area contributed by atoms with Crippen LogP contribution < -0.4 is 9.86 Å². The normalized spacial score (nSPS) is 12.7. The maximum Gasteiger partial charge on any atom is 0.238 e. The maximum atomic E-state index is 11.8. The molecule has 20 heavy (non-hydrogen) atoms. The van der Waals surface area contributed by atoms with Crippen molar-refractivity contribution in [3.63, 3.8) is 0 Å². The fraction of sp³-hybridized carbons (Fsp3) is 0.400. The number of benzene rings is 1. The second-order valence-corrected chi connectivity index (χ2v) is 8.73. The minimum absolute atomic E-state index is 0.0682. The fourth-order valence-corrected chi connectivity index (χ4v) is 4.33. The summed E-state index contributed by atoms with van der Waals surface area (Å²) in [5.74, 6) is -0.204. The average molecular weight is 361 g/mol. The van der Waals surface area contributed by atoms with Crippen molar-refractivity contribution in [1.29, 1.82) is 0 Å². The van der Waals surface area contributed by atoms with Crippen molar-refractivity contribution in [2.45, 2.75) is 18.7 Å². The Bertz CT molecular complexity index is 692. The van der Waals surface area contributed by atoms with E-state index in [1.807, 2.05) is 0 Å². The van der Waals surface area contributed by atoms with Gasteiger partial charge in [-0.1, -0.05) is 37.0 Å². The quantitative estimate of drug-likeness (QED) is 0.837. The van der Waals surface area contributed by atoms with Gasteiger partial charge in [0.25, 0.3) is 0 Å². The summed E-state index contributed by atoms with van der Waals surface area (Å²) < 4.78 is 48.3. The summed E-state index contributed by atoms with van der Waals surface area (Å²) >= 11 is 11.7. The summed E-state index contributed by atoms with van der Waals surface area (Å²) in [6, 6.07) is 2.08. The van der Waals surface area contributed by atoms with E-state index in [4.69, 9.17) is 28.3 Å². The van der Waals surface area contributed by atoms with Gasteiger partial charge in [0.05, 0.1) is 26.4 Å². The van der Waals surface area contributed by atoms with Crippen molar-refractivity contribution >= 4 is 48.9 Å². The summed E-state index contributed by atoms with van der Waals surface area (Å²) in [6.07, 6.45) is 0. The summed E-state index contributed by atoms with van der Waals surface area (Å²) in [6.45, 7) is 3.49. The summed E-state index contributed by atoms with van der Waals surface area (Å²) in [4.78, 5) is -0.292. The number of halogens is 2. The van der Waals surface area contributed by atoms with Crippen LogP contribution in [0.4, 0.5) is 5.69 Å². The molecule has 0 fully saturated rings. The van der Waals surface area contributed by atoms with Gasteiger partial charge in [0.2, 0.25) is 20.0 Å². The molecule has 0 bridgehead atoms. The topological polar surface area (TPSA) is 106 Å². The van der Waals surface area contributed by atoms with Crippen LogP contribution in [0.15, 0.2) is 17.0 Å². The lowest BCUT2D eigenvalue weighted by Gasteiger charge is -2.13. The van der Waals surface area contributed by atoms with Gasteiger partial charge in [-0.2, -0.15) is 0 Å². The third-order valence-electron chi connectivity index (χ3n) is 2.15. The highest BCUT2D eigenvalue weighted by molar-refractivity contribution is 7.92. The Morgan fingerprint density at radius 1 is 1.15 bits per heavy atom. The van der Waals surface area contributed by atoms with Crippen molar-refractivity contribution in [2.75, 3.05) is 10.5 Å². The van der Waals surface area contributed by atoms with Gasteiger partial charge in [0, 0.05) is 0 Å². The Kier molecular flexibility index (Phi) is 5.31. The molecular weight excluding hydrogens is 347 g/mol. The maximum absolute atomic E-state index is 11.8. The summed E-state index contributed by atoms with van der Waals surface area (Å²) in [5, 5.41) is 4.66. The van der Waals surface area contributed by atoms with Crippen molar-refractivity contribution in [3.8, 4) is 0 Å². The van der Waals surface area contributed by atoms with E-state index in [2.05, 4.69) is 4.72 Å². The van der Waals surface area contributed by atoms with Crippen LogP contribution in [-0.4, -0.2) is 22.6 Å². The van der Waals surface area contributed by atoms with Crippen LogP contribution in [0.25, 0.3) is 0 Å². The predicted molar refractivity (Wildman–Crippen MR) is 80.1 cm³/mol. The number of rotatable bonds is 5. The molecule has 0 heterocycles. The molecule has 1 rings (SSSR count). The molecule has 0 aliphatic heterocycles. The molecule has 3 N–H and O–H groups in total. The molecule has 0 unspecified atom stereocenters. The van der Waals surface area contributed by atoms with E-state index in [0.29, 0.717) is 0 Å². The van der Waals surface area contributed by atoms with Crippen molar-refractivity contribution < 1.29 is 16.8 Å². The Morgan fingerprint density at radius 3 is 1.95 bits per heavy atom. The molecule has 0 aliphatic carbocycles. The molecule has 114 valence electrons. The highest BCUT2D eigenvalue weighted by Gasteiger charge is 2.19. The molecule has 0 aromatic heterocycles. The number of nitrogens with two attached hydrogens (primary N) is 1. The predicted octanol–water partition coefficient (Wildman–Crippen LogP) is 2.04. The first-order valence-corrected chi connectivity index (χ1v) is 9.40. The SMILES string of the molecule is CC(C)CS(=O)(=O)Nc1c(Cl)cc(S(N)(=O)=O)cc1Cl. The molecule has 0 spiro atoms. The van der Waals surface area contributed by atoms with E-state index in [1.54, 1.807) is 13.8 Å². The molecule has 1 aromatic rings. The zero-order valence-electron chi connectivity index (χ0n) is 10.7.